The first kappa shape index (κ1) is 30.5. The van der Waals surface area contributed by atoms with Crippen molar-refractivity contribution in [3.8, 4) is 22.8 Å². The van der Waals surface area contributed by atoms with E-state index in [-0.39, 0.29) is 25.2 Å². The number of benzene rings is 1. The van der Waals surface area contributed by atoms with Gasteiger partial charge in [0.15, 0.2) is 0 Å². The van der Waals surface area contributed by atoms with E-state index in [1.807, 2.05) is 29.2 Å². The van der Waals surface area contributed by atoms with E-state index in [0.717, 1.165) is 23.0 Å². The van der Waals surface area contributed by atoms with Crippen LogP contribution in [-0.2, 0) is 31.0 Å². The van der Waals surface area contributed by atoms with Gasteiger partial charge in [0.2, 0.25) is 0 Å². The molecule has 5 aliphatic rings. The molecule has 10 nitrogen and oxygen atoms in total. The number of hydrogen-bond acceptors (Lipinski definition) is 10. The first-order valence-corrected chi connectivity index (χ1v) is 16.9. The van der Waals surface area contributed by atoms with E-state index in [9.17, 15) is 15.0 Å². The highest BCUT2D eigenvalue weighted by Crippen LogP contribution is 2.56. The minimum atomic E-state index is -0.281. The molecular formula is C33H38N4O6S2. The van der Waals surface area contributed by atoms with Crippen molar-refractivity contribution in [1.29, 1.82) is 0 Å². The smallest absolute Gasteiger partial charge is 0.266 e. The highest BCUT2D eigenvalue weighted by molar-refractivity contribution is 8.26. The van der Waals surface area contributed by atoms with Gasteiger partial charge in [-0.15, -0.1) is 5.10 Å². The predicted octanol–water partition coefficient (Wildman–Crippen LogP) is 5.20. The Labute approximate surface area is 271 Å². The van der Waals surface area contributed by atoms with Gasteiger partial charge < -0.3 is 24.1 Å². The Balaban J connectivity index is 1.18. The Morgan fingerprint density at radius 1 is 1.02 bits per heavy atom. The number of rotatable bonds is 11. The third-order valence-electron chi connectivity index (χ3n) is 10.1. The Morgan fingerprint density at radius 2 is 1.71 bits per heavy atom. The lowest BCUT2D eigenvalue weighted by molar-refractivity contribution is -0.130. The largest absolute Gasteiger partial charge is 0.497 e. The molecule has 2 aromatic heterocycles. The number of ether oxygens (including phenoxy) is 2. The first-order chi connectivity index (χ1) is 21.9. The monoisotopic (exact) mass is 650 g/mol. The number of aromatic nitrogens is 3. The number of aryl methyl sites for hydroxylation is 2. The molecule has 45 heavy (non-hydrogen) atoms. The summed E-state index contributed by atoms with van der Waals surface area (Å²) in [5.41, 5.74) is 2.60. The third kappa shape index (κ3) is 5.70. The van der Waals surface area contributed by atoms with Crippen LogP contribution in [0.15, 0.2) is 33.6 Å². The Kier molecular flexibility index (Phi) is 8.49. The molecule has 238 valence electrons. The zero-order valence-corrected chi connectivity index (χ0v) is 27.1. The lowest BCUT2D eigenvalue weighted by atomic mass is 9.54. The number of aliphatic hydroxyl groups is 2. The number of nitrogens with zero attached hydrogens (tertiary/aromatic N) is 4. The van der Waals surface area contributed by atoms with Gasteiger partial charge >= 0.3 is 0 Å². The molecule has 4 bridgehead atoms. The van der Waals surface area contributed by atoms with Crippen LogP contribution in [0.3, 0.4) is 0 Å². The number of carbonyl (C=O) groups excluding carboxylic acids is 1. The van der Waals surface area contributed by atoms with Crippen molar-refractivity contribution in [2.75, 3.05) is 14.2 Å². The van der Waals surface area contributed by atoms with Crippen LogP contribution in [0.5, 0.6) is 11.5 Å². The van der Waals surface area contributed by atoms with Gasteiger partial charge in [0, 0.05) is 30.3 Å². The second-order valence-corrected chi connectivity index (χ2v) is 14.4. The van der Waals surface area contributed by atoms with Gasteiger partial charge in [-0.1, -0.05) is 29.2 Å². The standard InChI is InChI=1S/C33H38N4O6S2/c1-41-24-11-21(12-25(14-24)42-2)28-13-20(4-3-5-36-27(17-39)26(16-38)34-35-36)29(43-28)15-30-32(40)37(33(44)45-30)31-22-7-18-6-19(9-22)10-23(31)8-18/h11-15,18-19,22-23,31,38-39H,3-10,16-17H2,1-2H3. The fraction of sp³-hybridized carbons (Fsp3) is 0.515. The van der Waals surface area contributed by atoms with E-state index in [0.29, 0.717) is 74.9 Å². The van der Waals surface area contributed by atoms with Crippen LogP contribution >= 0.6 is 24.0 Å². The molecule has 8 rings (SSSR count). The lowest BCUT2D eigenvalue weighted by Gasteiger charge is -2.56. The molecule has 1 aliphatic heterocycles. The summed E-state index contributed by atoms with van der Waals surface area (Å²) in [4.78, 5) is 16.5. The van der Waals surface area contributed by atoms with Gasteiger partial charge in [-0.2, -0.15) is 0 Å². The van der Waals surface area contributed by atoms with Crippen molar-refractivity contribution >= 4 is 40.3 Å². The van der Waals surface area contributed by atoms with Crippen molar-refractivity contribution < 1.29 is 28.9 Å². The first-order valence-electron chi connectivity index (χ1n) is 15.6. The molecule has 1 saturated heterocycles. The molecule has 0 atom stereocenters. The maximum atomic E-state index is 14.0. The van der Waals surface area contributed by atoms with Crippen LogP contribution in [0.2, 0.25) is 0 Å². The number of hydrogen-bond donors (Lipinski definition) is 2. The fourth-order valence-corrected chi connectivity index (χ4v) is 9.61. The van der Waals surface area contributed by atoms with E-state index < -0.39 is 0 Å². The van der Waals surface area contributed by atoms with Crippen LogP contribution in [0, 0.1) is 23.7 Å². The number of carbonyl (C=O) groups is 1. The number of thiocarbonyl (C=S) groups is 1. The molecule has 1 aromatic carbocycles. The fourth-order valence-electron chi connectivity index (χ4n) is 8.29. The molecule has 4 saturated carbocycles. The normalized spacial score (nSPS) is 26.4. The zero-order chi connectivity index (χ0) is 31.2. The lowest BCUT2D eigenvalue weighted by Crippen LogP contribution is -2.57. The van der Waals surface area contributed by atoms with Gasteiger partial charge in [0.25, 0.3) is 5.91 Å². The maximum absolute atomic E-state index is 14.0. The molecule has 0 spiro atoms. The third-order valence-corrected chi connectivity index (χ3v) is 11.4. The molecule has 1 amide bonds. The summed E-state index contributed by atoms with van der Waals surface area (Å²) >= 11 is 7.23. The molecule has 0 unspecified atom stereocenters. The molecule has 2 N–H and O–H groups in total. The average molecular weight is 651 g/mol. The number of aliphatic hydroxyl groups excluding tert-OH is 2. The number of amides is 1. The minimum absolute atomic E-state index is 0.0128. The summed E-state index contributed by atoms with van der Waals surface area (Å²) < 4.78 is 19.7. The topological polar surface area (TPSA) is 123 Å². The van der Waals surface area contributed by atoms with Crippen molar-refractivity contribution in [3.05, 3.63) is 51.9 Å². The number of furan rings is 1. The van der Waals surface area contributed by atoms with Crippen molar-refractivity contribution in [2.24, 2.45) is 23.7 Å². The molecular weight excluding hydrogens is 613 g/mol. The van der Waals surface area contributed by atoms with E-state index in [1.165, 1.54) is 43.9 Å². The van der Waals surface area contributed by atoms with Crippen LogP contribution in [-0.4, -0.2) is 60.6 Å². The summed E-state index contributed by atoms with van der Waals surface area (Å²) in [6.07, 6.45) is 9.36. The van der Waals surface area contributed by atoms with Crippen molar-refractivity contribution in [1.82, 2.24) is 19.9 Å². The van der Waals surface area contributed by atoms with Gasteiger partial charge in [0.1, 0.15) is 33.0 Å². The van der Waals surface area contributed by atoms with E-state index in [2.05, 4.69) is 10.3 Å². The van der Waals surface area contributed by atoms with Crippen molar-refractivity contribution in [3.63, 3.8) is 0 Å². The SMILES string of the molecule is COc1cc(OC)cc(-c2cc(CCCn3nnc(CO)c3CO)c(C=C3SC(=S)N(C4C5CC6CC(C5)CC4C6)C3=O)o2)c1. The summed E-state index contributed by atoms with van der Waals surface area (Å²) in [6, 6.07) is 7.78. The maximum Gasteiger partial charge on any atom is 0.266 e. The highest BCUT2D eigenvalue weighted by Gasteiger charge is 2.53. The van der Waals surface area contributed by atoms with E-state index in [1.54, 1.807) is 25.0 Å². The van der Waals surface area contributed by atoms with E-state index in [4.69, 9.17) is 26.1 Å². The predicted molar refractivity (Wildman–Crippen MR) is 173 cm³/mol. The van der Waals surface area contributed by atoms with Gasteiger partial charge in [-0.05, 0) is 92.4 Å². The Bertz CT molecular complexity index is 1600. The number of thioether (sulfide) groups is 1. The average Bonchev–Trinajstić information content (AvgIpc) is 3.71. The highest BCUT2D eigenvalue weighted by atomic mass is 32.2. The minimum Gasteiger partial charge on any atom is -0.497 e. The Hall–Kier alpha value is -3.19. The van der Waals surface area contributed by atoms with Crippen LogP contribution in [0.1, 0.15) is 61.2 Å². The quantitative estimate of drug-likeness (QED) is 0.212. The molecule has 0 radical (unpaired) electrons. The molecule has 12 heteroatoms. The van der Waals surface area contributed by atoms with Gasteiger partial charge in [-0.3, -0.25) is 9.69 Å². The van der Waals surface area contributed by atoms with Crippen LogP contribution < -0.4 is 9.47 Å². The second kappa shape index (κ2) is 12.5. The van der Waals surface area contributed by atoms with Gasteiger partial charge in [-0.25, -0.2) is 4.68 Å². The molecule has 5 fully saturated rings. The molecule has 3 aromatic rings. The van der Waals surface area contributed by atoms with Gasteiger partial charge in [0.05, 0.1) is 38.0 Å². The summed E-state index contributed by atoms with van der Waals surface area (Å²) in [7, 11) is 3.21. The molecule has 4 aliphatic carbocycles. The van der Waals surface area contributed by atoms with Crippen LogP contribution in [0.25, 0.3) is 17.4 Å². The van der Waals surface area contributed by atoms with Crippen LogP contribution in [0.4, 0.5) is 0 Å². The van der Waals surface area contributed by atoms with E-state index >= 15 is 0 Å². The number of methoxy groups -OCH3 is 2. The molecule has 3 heterocycles. The second-order valence-electron chi connectivity index (χ2n) is 12.7. The van der Waals surface area contributed by atoms with Crippen molar-refractivity contribution in [2.45, 2.75) is 70.7 Å². The summed E-state index contributed by atoms with van der Waals surface area (Å²) in [5, 5.41) is 27.4. The zero-order valence-electron chi connectivity index (χ0n) is 25.5. The summed E-state index contributed by atoms with van der Waals surface area (Å²) in [6.45, 7) is -0.0469. The Morgan fingerprint density at radius 3 is 2.33 bits per heavy atom. The summed E-state index contributed by atoms with van der Waals surface area (Å²) in [5.74, 6) is 5.23.